The van der Waals surface area contributed by atoms with E-state index in [1.165, 1.54) is 0 Å². The third-order valence-electron chi connectivity index (χ3n) is 4.77. The van der Waals surface area contributed by atoms with Gasteiger partial charge < -0.3 is 11.1 Å². The van der Waals surface area contributed by atoms with Crippen molar-refractivity contribution in [2.45, 2.75) is 51.1 Å². The van der Waals surface area contributed by atoms with Gasteiger partial charge in [0.1, 0.15) is 5.69 Å². The van der Waals surface area contributed by atoms with E-state index in [4.69, 9.17) is 5.73 Å². The summed E-state index contributed by atoms with van der Waals surface area (Å²) in [5, 5.41) is 11.5. The quantitative estimate of drug-likeness (QED) is 0.854. The van der Waals surface area contributed by atoms with E-state index >= 15 is 0 Å². The molecule has 3 rings (SSSR count). The lowest BCUT2D eigenvalue weighted by Crippen LogP contribution is -2.43. The lowest BCUT2D eigenvalue weighted by Gasteiger charge is -2.25. The maximum atomic E-state index is 12.4. The molecule has 1 aliphatic carbocycles. The van der Waals surface area contributed by atoms with E-state index in [1.807, 2.05) is 50.4 Å². The maximum Gasteiger partial charge on any atom is 0.221 e. The number of carbonyl (C=O) groups excluding carboxylic acids is 1. The third-order valence-corrected chi connectivity index (χ3v) is 4.77. The number of hydrogen-bond donors (Lipinski definition) is 2. The Kier molecular flexibility index (Phi) is 6.19. The largest absolute Gasteiger partial charge is 0.345 e. The summed E-state index contributed by atoms with van der Waals surface area (Å²) >= 11 is 0. The first-order valence-corrected chi connectivity index (χ1v) is 8.50. The fourth-order valence-corrected chi connectivity index (χ4v) is 3.28. The molecule has 2 atom stereocenters. The second kappa shape index (κ2) is 7.97. The number of hydrogen-bond acceptors (Lipinski definition) is 4. The van der Waals surface area contributed by atoms with Crippen molar-refractivity contribution in [2.75, 3.05) is 0 Å². The molecule has 1 saturated carbocycles. The van der Waals surface area contributed by atoms with Crippen LogP contribution in [0.15, 0.2) is 36.5 Å². The first-order chi connectivity index (χ1) is 11.5. The molecule has 1 heterocycles. The van der Waals surface area contributed by atoms with E-state index in [0.717, 1.165) is 30.6 Å². The van der Waals surface area contributed by atoms with Gasteiger partial charge >= 0.3 is 0 Å². The van der Waals surface area contributed by atoms with Gasteiger partial charge in [0, 0.05) is 12.5 Å². The number of nitrogens with one attached hydrogen (secondary N) is 1. The number of nitrogens with zero attached hydrogens (tertiary/aromatic N) is 3. The Bertz CT molecular complexity index is 701. The minimum Gasteiger partial charge on any atom is -0.345 e. The van der Waals surface area contributed by atoms with Gasteiger partial charge in [-0.2, -0.15) is 0 Å². The predicted octanol–water partition coefficient (Wildman–Crippen LogP) is 2.56. The highest BCUT2D eigenvalue weighted by atomic mass is 35.5. The van der Waals surface area contributed by atoms with Crippen molar-refractivity contribution in [3.05, 3.63) is 42.2 Å². The Morgan fingerprint density at radius 1 is 1.32 bits per heavy atom. The summed E-state index contributed by atoms with van der Waals surface area (Å²) in [6.45, 7) is 3.89. The fourth-order valence-electron chi connectivity index (χ4n) is 3.28. The van der Waals surface area contributed by atoms with Crippen molar-refractivity contribution >= 4 is 18.3 Å². The number of halogens is 1. The molecule has 0 saturated heterocycles. The van der Waals surface area contributed by atoms with E-state index in [0.29, 0.717) is 12.3 Å². The molecule has 1 amide bonds. The molecule has 25 heavy (non-hydrogen) atoms. The van der Waals surface area contributed by atoms with E-state index in [2.05, 4.69) is 15.6 Å². The molecule has 136 valence electrons. The summed E-state index contributed by atoms with van der Waals surface area (Å²) < 4.78 is 1.72. The standard InChI is InChI=1S/C18H25N5O.ClH/c1-18(2,20-17(24)11-13-7-6-10-15(13)19)16-12-23(22-21-16)14-8-4-3-5-9-14;/h3-5,8-9,12-13,15H,6-7,10-11,19H2,1-2H3,(H,20,24);1H/t13-,15+;/m0./s1. The minimum atomic E-state index is -0.577. The van der Waals surface area contributed by atoms with Gasteiger partial charge in [0.05, 0.1) is 17.4 Å². The average molecular weight is 364 g/mol. The molecule has 1 aromatic carbocycles. The van der Waals surface area contributed by atoms with Crippen LogP contribution in [0.1, 0.15) is 45.2 Å². The van der Waals surface area contributed by atoms with Gasteiger partial charge in [0.25, 0.3) is 0 Å². The van der Waals surface area contributed by atoms with Gasteiger partial charge in [0.15, 0.2) is 0 Å². The molecular weight excluding hydrogens is 338 g/mol. The minimum absolute atomic E-state index is 0. The number of amides is 1. The van der Waals surface area contributed by atoms with Gasteiger partial charge in [-0.1, -0.05) is 29.8 Å². The van der Waals surface area contributed by atoms with Crippen LogP contribution in [0.4, 0.5) is 0 Å². The average Bonchev–Trinajstić information content (AvgIpc) is 3.18. The van der Waals surface area contributed by atoms with Crippen LogP contribution >= 0.6 is 12.4 Å². The zero-order valence-electron chi connectivity index (χ0n) is 14.7. The topological polar surface area (TPSA) is 85.8 Å². The molecule has 0 bridgehead atoms. The summed E-state index contributed by atoms with van der Waals surface area (Å²) in [4.78, 5) is 12.4. The van der Waals surface area contributed by atoms with E-state index in [9.17, 15) is 4.79 Å². The van der Waals surface area contributed by atoms with Crippen molar-refractivity contribution in [2.24, 2.45) is 11.7 Å². The van der Waals surface area contributed by atoms with Crippen LogP contribution in [0, 0.1) is 5.92 Å². The number of nitrogens with two attached hydrogens (primary N) is 1. The van der Waals surface area contributed by atoms with E-state index < -0.39 is 5.54 Å². The fraction of sp³-hybridized carbons (Fsp3) is 0.500. The molecule has 0 spiro atoms. The number of aromatic nitrogens is 3. The monoisotopic (exact) mass is 363 g/mol. The molecule has 1 aromatic heterocycles. The Balaban J connectivity index is 0.00000225. The highest BCUT2D eigenvalue weighted by Crippen LogP contribution is 2.27. The Morgan fingerprint density at radius 2 is 2.04 bits per heavy atom. The summed E-state index contributed by atoms with van der Waals surface area (Å²) in [6.07, 6.45) is 5.52. The van der Waals surface area contributed by atoms with E-state index in [1.54, 1.807) is 4.68 Å². The van der Waals surface area contributed by atoms with Crippen molar-refractivity contribution in [1.82, 2.24) is 20.3 Å². The molecular formula is C18H26ClN5O. The Morgan fingerprint density at radius 3 is 2.68 bits per heavy atom. The summed E-state index contributed by atoms with van der Waals surface area (Å²) in [5.74, 6) is 0.317. The van der Waals surface area contributed by atoms with Crippen LogP contribution in [0.5, 0.6) is 0 Å². The number of benzene rings is 1. The molecule has 1 fully saturated rings. The van der Waals surface area contributed by atoms with Crippen LogP contribution < -0.4 is 11.1 Å². The van der Waals surface area contributed by atoms with Crippen molar-refractivity contribution in [1.29, 1.82) is 0 Å². The molecule has 0 radical (unpaired) electrons. The first-order valence-electron chi connectivity index (χ1n) is 8.50. The van der Waals surface area contributed by atoms with Crippen molar-refractivity contribution in [3.63, 3.8) is 0 Å². The zero-order valence-corrected chi connectivity index (χ0v) is 15.5. The second-order valence-electron chi connectivity index (χ2n) is 7.12. The summed E-state index contributed by atoms with van der Waals surface area (Å²) in [7, 11) is 0. The van der Waals surface area contributed by atoms with Crippen LogP contribution in [-0.2, 0) is 10.3 Å². The van der Waals surface area contributed by atoms with Gasteiger partial charge in [-0.25, -0.2) is 4.68 Å². The number of para-hydroxylation sites is 1. The molecule has 6 nitrogen and oxygen atoms in total. The molecule has 2 aromatic rings. The Hall–Kier alpha value is -1.92. The maximum absolute atomic E-state index is 12.4. The first kappa shape index (κ1) is 19.4. The number of rotatable bonds is 5. The summed E-state index contributed by atoms with van der Waals surface area (Å²) in [5.41, 5.74) is 7.16. The van der Waals surface area contributed by atoms with Crippen LogP contribution in [0.2, 0.25) is 0 Å². The molecule has 1 aliphatic rings. The van der Waals surface area contributed by atoms with Crippen LogP contribution in [0.3, 0.4) is 0 Å². The lowest BCUT2D eigenvalue weighted by atomic mass is 9.97. The Labute approximate surface area is 154 Å². The van der Waals surface area contributed by atoms with Gasteiger partial charge in [-0.05, 0) is 44.7 Å². The molecule has 0 aliphatic heterocycles. The third kappa shape index (κ3) is 4.58. The molecule has 7 heteroatoms. The highest BCUT2D eigenvalue weighted by molar-refractivity contribution is 5.85. The van der Waals surface area contributed by atoms with E-state index in [-0.39, 0.29) is 24.4 Å². The predicted molar refractivity (Wildman–Crippen MR) is 99.7 cm³/mol. The van der Waals surface area contributed by atoms with Crippen LogP contribution in [0.25, 0.3) is 5.69 Å². The van der Waals surface area contributed by atoms with Gasteiger partial charge in [0.2, 0.25) is 5.91 Å². The lowest BCUT2D eigenvalue weighted by molar-refractivity contribution is -0.123. The molecule has 0 unspecified atom stereocenters. The zero-order chi connectivity index (χ0) is 17.2. The summed E-state index contributed by atoms with van der Waals surface area (Å²) in [6, 6.07) is 9.94. The molecule has 3 N–H and O–H groups in total. The van der Waals surface area contributed by atoms with Crippen molar-refractivity contribution in [3.8, 4) is 5.69 Å². The van der Waals surface area contributed by atoms with Gasteiger partial charge in [-0.3, -0.25) is 4.79 Å². The number of carbonyl (C=O) groups is 1. The van der Waals surface area contributed by atoms with Crippen molar-refractivity contribution < 1.29 is 4.79 Å². The SMILES string of the molecule is CC(C)(NC(=O)C[C@@H]1CCC[C@H]1N)c1cn(-c2ccccc2)nn1.Cl. The smallest absolute Gasteiger partial charge is 0.221 e. The highest BCUT2D eigenvalue weighted by Gasteiger charge is 2.30. The normalized spacial score (nSPS) is 20.1. The van der Waals surface area contributed by atoms with Gasteiger partial charge in [-0.15, -0.1) is 17.5 Å². The van der Waals surface area contributed by atoms with Crippen LogP contribution in [-0.4, -0.2) is 26.9 Å². The second-order valence-corrected chi connectivity index (χ2v) is 7.12.